The zero-order valence-electron chi connectivity index (χ0n) is 9.56. The largest absolute Gasteiger partial charge is 0.0925 e. The molecule has 13 heavy (non-hydrogen) atoms. The van der Waals surface area contributed by atoms with E-state index >= 15 is 0 Å². The molecule has 0 unspecified atom stereocenters. The van der Waals surface area contributed by atoms with Crippen LogP contribution in [0.5, 0.6) is 0 Å². The Labute approximate surface area is 92.6 Å². The van der Waals surface area contributed by atoms with Gasteiger partial charge in [-0.1, -0.05) is 60.0 Å². The maximum Gasteiger partial charge on any atom is 0.0573 e. The fraction of sp³-hybridized carbons (Fsp3) is 0.667. The summed E-state index contributed by atoms with van der Waals surface area (Å²) in [6.07, 6.45) is 12.9. The molecule has 0 aromatic carbocycles. The highest BCUT2D eigenvalue weighted by Gasteiger charge is 1.80. The van der Waals surface area contributed by atoms with Gasteiger partial charge in [-0.15, -0.1) is 0 Å². The minimum atomic E-state index is 0.793. The van der Waals surface area contributed by atoms with Gasteiger partial charge in [-0.25, -0.2) is 0 Å². The summed E-state index contributed by atoms with van der Waals surface area (Å²) in [6.45, 7) is 2.19. The molecule has 0 fully saturated rings. The standard InChI is InChI=1S/C12H21Br/c1-2-3-4-5-6-7-8-9-10-11-12-13/h6-7,9-10H,2-5,8,11-12H2,1H3/b7-6-,10-9-/i6D. The average molecular weight is 246 g/mol. The second kappa shape index (κ2) is 12.0. The molecule has 76 valence electrons. The van der Waals surface area contributed by atoms with Crippen LogP contribution in [0.2, 0.25) is 0 Å². The van der Waals surface area contributed by atoms with Crippen molar-refractivity contribution in [3.05, 3.63) is 24.3 Å². The van der Waals surface area contributed by atoms with Crippen molar-refractivity contribution < 1.29 is 1.37 Å². The van der Waals surface area contributed by atoms with E-state index in [1.165, 1.54) is 12.8 Å². The highest BCUT2D eigenvalue weighted by molar-refractivity contribution is 9.09. The number of hydrogen-bond acceptors (Lipinski definition) is 0. The van der Waals surface area contributed by atoms with E-state index < -0.39 is 0 Å². The van der Waals surface area contributed by atoms with Crippen LogP contribution in [0.15, 0.2) is 24.3 Å². The van der Waals surface area contributed by atoms with Gasteiger partial charge in [-0.3, -0.25) is 0 Å². The molecule has 0 aliphatic heterocycles. The van der Waals surface area contributed by atoms with Gasteiger partial charge in [-0.05, 0) is 25.7 Å². The Hall–Kier alpha value is -0.0400. The summed E-state index contributed by atoms with van der Waals surface area (Å²) in [7, 11) is 0. The van der Waals surface area contributed by atoms with Crippen LogP contribution in [0.25, 0.3) is 0 Å². The SMILES string of the molecule is [2H]/C(=C/C/C=C\CCBr)CCCCC. The van der Waals surface area contributed by atoms with Crippen LogP contribution in [0, 0.1) is 0 Å². The van der Waals surface area contributed by atoms with Gasteiger partial charge in [-0.2, -0.15) is 0 Å². The van der Waals surface area contributed by atoms with E-state index in [-0.39, 0.29) is 0 Å². The molecule has 0 saturated carbocycles. The van der Waals surface area contributed by atoms with Crippen LogP contribution in [0.3, 0.4) is 0 Å². The van der Waals surface area contributed by atoms with Crippen molar-refractivity contribution in [2.24, 2.45) is 0 Å². The van der Waals surface area contributed by atoms with E-state index in [9.17, 15) is 0 Å². The molecular formula is C12H21Br. The molecule has 0 nitrogen and oxygen atoms in total. The first-order valence-corrected chi connectivity index (χ1v) is 6.30. The van der Waals surface area contributed by atoms with Gasteiger partial charge >= 0.3 is 0 Å². The van der Waals surface area contributed by atoms with E-state index in [4.69, 9.17) is 1.37 Å². The predicted octanol–water partition coefficient (Wildman–Crippen LogP) is 4.85. The highest BCUT2D eigenvalue weighted by atomic mass is 79.9. The maximum atomic E-state index is 7.65. The van der Waals surface area contributed by atoms with Gasteiger partial charge in [0.15, 0.2) is 0 Å². The molecule has 0 aromatic heterocycles. The number of rotatable bonds is 8. The molecule has 0 atom stereocenters. The quantitative estimate of drug-likeness (QED) is 0.326. The van der Waals surface area contributed by atoms with Gasteiger partial charge in [0.2, 0.25) is 0 Å². The summed E-state index contributed by atoms with van der Waals surface area (Å²) in [5.74, 6) is 0. The summed E-state index contributed by atoms with van der Waals surface area (Å²) in [5.41, 5.74) is 0. The van der Waals surface area contributed by atoms with Crippen molar-refractivity contribution >= 4 is 15.9 Å². The van der Waals surface area contributed by atoms with Gasteiger partial charge in [0.05, 0.1) is 1.37 Å². The Balaban J connectivity index is 3.45. The second-order valence-electron chi connectivity index (χ2n) is 3.05. The average Bonchev–Trinajstić information content (AvgIpc) is 2.18. The molecule has 0 aliphatic carbocycles. The van der Waals surface area contributed by atoms with E-state index in [1.54, 1.807) is 0 Å². The highest BCUT2D eigenvalue weighted by Crippen LogP contribution is 2.00. The zero-order chi connectivity index (χ0) is 10.6. The van der Waals surface area contributed by atoms with Crippen LogP contribution >= 0.6 is 15.9 Å². The third kappa shape index (κ3) is 12.0. The van der Waals surface area contributed by atoms with Gasteiger partial charge in [0.1, 0.15) is 0 Å². The molecule has 1 heteroatoms. The molecule has 0 spiro atoms. The van der Waals surface area contributed by atoms with Crippen LogP contribution in [-0.4, -0.2) is 5.33 Å². The first-order valence-electron chi connectivity index (χ1n) is 5.67. The number of unbranched alkanes of at least 4 members (excludes halogenated alkanes) is 2. The summed E-state index contributed by atoms with van der Waals surface area (Å²) in [5, 5.41) is 1.03. The smallest absolute Gasteiger partial charge is 0.0573 e. The van der Waals surface area contributed by atoms with Gasteiger partial charge < -0.3 is 0 Å². The van der Waals surface area contributed by atoms with E-state index in [0.29, 0.717) is 0 Å². The molecule has 0 heterocycles. The molecule has 0 aromatic rings. The van der Waals surface area contributed by atoms with Crippen LogP contribution in [0.4, 0.5) is 0 Å². The monoisotopic (exact) mass is 245 g/mol. The fourth-order valence-corrected chi connectivity index (χ4v) is 1.27. The number of hydrogen-bond donors (Lipinski definition) is 0. The molecular weight excluding hydrogens is 224 g/mol. The maximum absolute atomic E-state index is 7.65. The third-order valence-electron chi connectivity index (χ3n) is 1.77. The molecule has 0 bridgehead atoms. The summed E-state index contributed by atoms with van der Waals surface area (Å²) in [4.78, 5) is 0. The lowest BCUT2D eigenvalue weighted by molar-refractivity contribution is 0.728. The second-order valence-corrected chi connectivity index (χ2v) is 3.84. The normalized spacial score (nSPS) is 13.7. The lowest BCUT2D eigenvalue weighted by atomic mass is 10.2. The Bertz CT molecular complexity index is 173. The Morgan fingerprint density at radius 2 is 2.00 bits per heavy atom. The minimum absolute atomic E-state index is 0.793. The molecule has 0 saturated heterocycles. The van der Waals surface area contributed by atoms with Gasteiger partial charge in [0.25, 0.3) is 0 Å². The number of halogens is 1. The Morgan fingerprint density at radius 3 is 2.69 bits per heavy atom. The van der Waals surface area contributed by atoms with Crippen LogP contribution in [-0.2, 0) is 0 Å². The molecule has 0 radical (unpaired) electrons. The third-order valence-corrected chi connectivity index (χ3v) is 2.22. The van der Waals surface area contributed by atoms with Crippen molar-refractivity contribution in [1.82, 2.24) is 0 Å². The number of allylic oxidation sites excluding steroid dienone is 4. The van der Waals surface area contributed by atoms with Crippen LogP contribution < -0.4 is 0 Å². The van der Waals surface area contributed by atoms with Crippen LogP contribution in [0.1, 0.15) is 46.8 Å². The molecule has 0 N–H and O–H groups in total. The number of alkyl halides is 1. The molecule has 0 aliphatic rings. The van der Waals surface area contributed by atoms with Crippen molar-refractivity contribution in [2.45, 2.75) is 45.4 Å². The topological polar surface area (TPSA) is 0 Å². The van der Waals surface area contributed by atoms with E-state index in [1.807, 2.05) is 6.08 Å². The first kappa shape index (κ1) is 11.0. The minimum Gasteiger partial charge on any atom is -0.0925 e. The predicted molar refractivity (Wildman–Crippen MR) is 65.5 cm³/mol. The van der Waals surface area contributed by atoms with Gasteiger partial charge in [0, 0.05) is 5.33 Å². The van der Waals surface area contributed by atoms with E-state index in [0.717, 1.165) is 37.1 Å². The Kier molecular flexibility index (Phi) is 10.2. The van der Waals surface area contributed by atoms with Crippen molar-refractivity contribution in [3.8, 4) is 0 Å². The lowest BCUT2D eigenvalue weighted by Gasteiger charge is -1.90. The van der Waals surface area contributed by atoms with Crippen molar-refractivity contribution in [3.63, 3.8) is 0 Å². The Morgan fingerprint density at radius 1 is 1.15 bits per heavy atom. The first-order chi connectivity index (χ1) is 6.81. The zero-order valence-corrected chi connectivity index (χ0v) is 10.1. The summed E-state index contributed by atoms with van der Waals surface area (Å²) >= 11 is 3.37. The molecule has 0 rings (SSSR count). The van der Waals surface area contributed by atoms with Crippen molar-refractivity contribution in [1.29, 1.82) is 0 Å². The summed E-state index contributed by atoms with van der Waals surface area (Å²) < 4.78 is 7.65. The lowest BCUT2D eigenvalue weighted by Crippen LogP contribution is -1.70. The fourth-order valence-electron chi connectivity index (χ4n) is 1.01. The van der Waals surface area contributed by atoms with E-state index in [2.05, 4.69) is 35.0 Å². The van der Waals surface area contributed by atoms with Crippen molar-refractivity contribution in [2.75, 3.05) is 5.33 Å². The summed E-state index contributed by atoms with van der Waals surface area (Å²) in [6, 6.07) is 0.793. The molecule has 0 amide bonds.